The lowest BCUT2D eigenvalue weighted by atomic mass is 10.1. The highest BCUT2D eigenvalue weighted by atomic mass is 19.4. The number of unbranched alkanes of at least 4 members (excludes halogenated alkanes) is 2. The summed E-state index contributed by atoms with van der Waals surface area (Å²) >= 11 is 0. The van der Waals surface area contributed by atoms with E-state index in [1.54, 1.807) is 0 Å². The number of fused-ring (bicyclic) bond motifs is 1. The molecule has 0 amide bonds. The molecule has 2 aromatic rings. The molecule has 0 aliphatic rings. The summed E-state index contributed by atoms with van der Waals surface area (Å²) in [4.78, 5) is 4.13. The first-order valence-electron chi connectivity index (χ1n) is 7.10. The van der Waals surface area contributed by atoms with E-state index in [2.05, 4.69) is 22.3 Å². The van der Waals surface area contributed by atoms with Gasteiger partial charge in [-0.1, -0.05) is 26.2 Å². The van der Waals surface area contributed by atoms with Crippen molar-refractivity contribution >= 4 is 11.3 Å². The van der Waals surface area contributed by atoms with E-state index in [9.17, 15) is 13.2 Å². The molecular formula is C14H19F3N4. The van der Waals surface area contributed by atoms with E-state index in [-0.39, 0.29) is 6.04 Å². The number of anilines is 1. The molecule has 0 aliphatic heterocycles. The van der Waals surface area contributed by atoms with E-state index < -0.39 is 11.9 Å². The van der Waals surface area contributed by atoms with Crippen molar-refractivity contribution in [3.05, 3.63) is 24.2 Å². The van der Waals surface area contributed by atoms with Crippen LogP contribution in [0.15, 0.2) is 18.5 Å². The van der Waals surface area contributed by atoms with E-state index in [0.717, 1.165) is 31.7 Å². The Kier molecular flexibility index (Phi) is 4.69. The Morgan fingerprint density at radius 3 is 2.76 bits per heavy atom. The van der Waals surface area contributed by atoms with Crippen LogP contribution in [0.2, 0.25) is 0 Å². The van der Waals surface area contributed by atoms with Crippen LogP contribution in [0.5, 0.6) is 0 Å². The van der Waals surface area contributed by atoms with Gasteiger partial charge in [0, 0.05) is 24.5 Å². The quantitative estimate of drug-likeness (QED) is 0.816. The summed E-state index contributed by atoms with van der Waals surface area (Å²) in [7, 11) is 0. The van der Waals surface area contributed by atoms with E-state index in [1.165, 1.54) is 16.9 Å². The number of hydrogen-bond donors (Lipinski definition) is 1. The van der Waals surface area contributed by atoms with Crippen molar-refractivity contribution in [1.82, 2.24) is 14.6 Å². The molecule has 7 heteroatoms. The highest BCUT2D eigenvalue weighted by molar-refractivity contribution is 5.68. The van der Waals surface area contributed by atoms with Crippen LogP contribution in [0.4, 0.5) is 19.0 Å². The number of hydrogen-bond acceptors (Lipinski definition) is 3. The molecule has 0 radical (unpaired) electrons. The van der Waals surface area contributed by atoms with Gasteiger partial charge in [0.05, 0.1) is 0 Å². The lowest BCUT2D eigenvalue weighted by Gasteiger charge is -2.14. The topological polar surface area (TPSA) is 42.2 Å². The van der Waals surface area contributed by atoms with Gasteiger partial charge in [-0.3, -0.25) is 0 Å². The summed E-state index contributed by atoms with van der Waals surface area (Å²) in [5.74, 6) is 0.435. The van der Waals surface area contributed by atoms with Gasteiger partial charge in [0.25, 0.3) is 0 Å². The van der Waals surface area contributed by atoms with Gasteiger partial charge < -0.3 is 5.32 Å². The first-order chi connectivity index (χ1) is 9.91. The van der Waals surface area contributed by atoms with Crippen molar-refractivity contribution in [3.8, 4) is 0 Å². The number of alkyl halides is 3. The zero-order valence-electron chi connectivity index (χ0n) is 12.1. The second-order valence-corrected chi connectivity index (χ2v) is 5.17. The zero-order valence-corrected chi connectivity index (χ0v) is 12.1. The summed E-state index contributed by atoms with van der Waals surface area (Å²) in [6.45, 7) is 4.13. The molecule has 0 saturated carbocycles. The minimum Gasteiger partial charge on any atom is -0.366 e. The van der Waals surface area contributed by atoms with Crippen LogP contribution in [-0.2, 0) is 6.18 Å². The molecule has 1 atom stereocenters. The monoisotopic (exact) mass is 300 g/mol. The fraction of sp³-hybridized carbons (Fsp3) is 0.571. The Labute approximate surface area is 121 Å². The van der Waals surface area contributed by atoms with Gasteiger partial charge in [-0.15, -0.1) is 0 Å². The average molecular weight is 300 g/mol. The molecule has 0 aliphatic carbocycles. The third-order valence-electron chi connectivity index (χ3n) is 3.30. The molecule has 116 valence electrons. The molecule has 0 fully saturated rings. The summed E-state index contributed by atoms with van der Waals surface area (Å²) < 4.78 is 39.3. The third-order valence-corrected chi connectivity index (χ3v) is 3.30. The van der Waals surface area contributed by atoms with Crippen LogP contribution in [0.25, 0.3) is 5.52 Å². The maximum Gasteiger partial charge on any atom is 0.435 e. The Hall–Kier alpha value is -1.79. The molecular weight excluding hydrogens is 281 g/mol. The fourth-order valence-electron chi connectivity index (χ4n) is 2.18. The Balaban J connectivity index is 2.18. The van der Waals surface area contributed by atoms with Crippen molar-refractivity contribution in [2.75, 3.05) is 5.32 Å². The molecule has 2 rings (SSSR count). The van der Waals surface area contributed by atoms with Crippen molar-refractivity contribution in [2.45, 2.75) is 51.7 Å². The van der Waals surface area contributed by atoms with Gasteiger partial charge in [0.15, 0.2) is 11.5 Å². The van der Waals surface area contributed by atoms with Gasteiger partial charge in [-0.25, -0.2) is 9.50 Å². The molecule has 4 nitrogen and oxygen atoms in total. The van der Waals surface area contributed by atoms with Crippen LogP contribution < -0.4 is 5.32 Å². The second-order valence-electron chi connectivity index (χ2n) is 5.17. The SMILES string of the molecule is CCCCCC(C)Nc1nccn2nc(C(F)(F)F)cc12. The van der Waals surface area contributed by atoms with Gasteiger partial charge >= 0.3 is 6.18 Å². The van der Waals surface area contributed by atoms with Crippen LogP contribution in [0.1, 0.15) is 45.2 Å². The van der Waals surface area contributed by atoms with Crippen LogP contribution in [0.3, 0.4) is 0 Å². The van der Waals surface area contributed by atoms with Gasteiger partial charge in [0.2, 0.25) is 0 Å². The summed E-state index contributed by atoms with van der Waals surface area (Å²) in [6.07, 6.45) is 2.74. The lowest BCUT2D eigenvalue weighted by molar-refractivity contribution is -0.141. The highest BCUT2D eigenvalue weighted by Crippen LogP contribution is 2.30. The molecule has 0 bridgehead atoms. The first kappa shape index (κ1) is 15.6. The number of halogens is 3. The Bertz CT molecular complexity index is 591. The number of nitrogens with one attached hydrogen (secondary N) is 1. The Morgan fingerprint density at radius 2 is 2.10 bits per heavy atom. The van der Waals surface area contributed by atoms with Gasteiger partial charge in [-0.05, 0) is 13.3 Å². The van der Waals surface area contributed by atoms with Crippen molar-refractivity contribution in [1.29, 1.82) is 0 Å². The van der Waals surface area contributed by atoms with E-state index in [1.807, 2.05) is 6.92 Å². The maximum absolute atomic E-state index is 12.7. The molecule has 2 aromatic heterocycles. The largest absolute Gasteiger partial charge is 0.435 e. The molecule has 1 N–H and O–H groups in total. The molecule has 0 aromatic carbocycles. The van der Waals surface area contributed by atoms with Crippen LogP contribution >= 0.6 is 0 Å². The predicted octanol–water partition coefficient (Wildman–Crippen LogP) is 4.13. The number of nitrogens with zero attached hydrogens (tertiary/aromatic N) is 3. The second kappa shape index (κ2) is 6.32. The fourth-order valence-corrected chi connectivity index (χ4v) is 2.18. The van der Waals surface area contributed by atoms with Crippen LogP contribution in [-0.4, -0.2) is 20.6 Å². The molecule has 21 heavy (non-hydrogen) atoms. The van der Waals surface area contributed by atoms with Crippen molar-refractivity contribution in [3.63, 3.8) is 0 Å². The van der Waals surface area contributed by atoms with E-state index in [0.29, 0.717) is 11.3 Å². The Morgan fingerprint density at radius 1 is 1.33 bits per heavy atom. The molecule has 1 unspecified atom stereocenters. The average Bonchev–Trinajstić information content (AvgIpc) is 2.84. The third kappa shape index (κ3) is 3.86. The lowest BCUT2D eigenvalue weighted by Crippen LogP contribution is -2.16. The summed E-state index contributed by atoms with van der Waals surface area (Å²) in [5.41, 5.74) is -0.565. The molecule has 2 heterocycles. The van der Waals surface area contributed by atoms with Gasteiger partial charge in [0.1, 0.15) is 5.52 Å². The van der Waals surface area contributed by atoms with Crippen molar-refractivity contribution in [2.24, 2.45) is 0 Å². The van der Waals surface area contributed by atoms with E-state index in [4.69, 9.17) is 0 Å². The van der Waals surface area contributed by atoms with Crippen molar-refractivity contribution < 1.29 is 13.2 Å². The maximum atomic E-state index is 12.7. The van der Waals surface area contributed by atoms with Gasteiger partial charge in [-0.2, -0.15) is 18.3 Å². The zero-order chi connectivity index (χ0) is 15.5. The smallest absolute Gasteiger partial charge is 0.366 e. The summed E-state index contributed by atoms with van der Waals surface area (Å²) in [6, 6.07) is 1.17. The van der Waals surface area contributed by atoms with Crippen LogP contribution in [0, 0.1) is 0 Å². The normalized spacial score (nSPS) is 13.6. The summed E-state index contributed by atoms with van der Waals surface area (Å²) in [5, 5.41) is 6.71. The highest BCUT2D eigenvalue weighted by Gasteiger charge is 2.34. The first-order valence-corrected chi connectivity index (χ1v) is 7.10. The number of rotatable bonds is 6. The number of aromatic nitrogens is 3. The van der Waals surface area contributed by atoms with E-state index >= 15 is 0 Å². The molecule has 0 saturated heterocycles. The minimum absolute atomic E-state index is 0.152. The molecule has 0 spiro atoms. The predicted molar refractivity (Wildman–Crippen MR) is 75.2 cm³/mol. The standard InChI is InChI=1S/C14H19F3N4/c1-3-4-5-6-10(2)19-13-11-9-12(14(15,16)17)20-21(11)8-7-18-13/h7-10H,3-6H2,1-2H3,(H,18,19). The minimum atomic E-state index is -4.45.